The fraction of sp³-hybridized carbons (Fsp3) is 0.286. The summed E-state index contributed by atoms with van der Waals surface area (Å²) in [6.07, 6.45) is 1.82. The van der Waals surface area contributed by atoms with E-state index in [2.05, 4.69) is 31.3 Å². The number of amides is 1. The van der Waals surface area contributed by atoms with E-state index in [1.165, 1.54) is 10.5 Å². The lowest BCUT2D eigenvalue weighted by Gasteiger charge is -2.05. The molecule has 1 heterocycles. The fourth-order valence-corrected chi connectivity index (χ4v) is 1.96. The highest BCUT2D eigenvalue weighted by Crippen LogP contribution is 2.17. The lowest BCUT2D eigenvalue weighted by Crippen LogP contribution is -2.25. The van der Waals surface area contributed by atoms with Crippen LogP contribution in [0.3, 0.4) is 0 Å². The zero-order valence-corrected chi connectivity index (χ0v) is 11.5. The van der Waals surface area contributed by atoms with Crippen molar-refractivity contribution in [3.05, 3.63) is 41.1 Å². The Bertz CT molecular complexity index is 517. The Morgan fingerprint density at radius 3 is 2.33 bits per heavy atom. The van der Waals surface area contributed by atoms with E-state index in [4.69, 9.17) is 12.2 Å². The van der Waals surface area contributed by atoms with Crippen LogP contribution in [-0.4, -0.2) is 23.0 Å². The van der Waals surface area contributed by atoms with E-state index in [1.54, 1.807) is 7.05 Å². The highest BCUT2D eigenvalue weighted by molar-refractivity contribution is 7.80. The van der Waals surface area contributed by atoms with Gasteiger partial charge in [-0.05, 0) is 35.3 Å². The molecule has 1 aliphatic heterocycles. The molecule has 0 aromatic heterocycles. The third-order valence-corrected chi connectivity index (χ3v) is 3.37. The largest absolute Gasteiger partial charge is 0.328 e. The Morgan fingerprint density at radius 2 is 1.89 bits per heavy atom. The van der Waals surface area contributed by atoms with Crippen molar-refractivity contribution in [1.29, 1.82) is 0 Å². The molecule has 1 aromatic rings. The topological polar surface area (TPSA) is 32.3 Å². The third kappa shape index (κ3) is 2.43. The maximum atomic E-state index is 11.8. The van der Waals surface area contributed by atoms with Crippen LogP contribution in [0.5, 0.6) is 0 Å². The summed E-state index contributed by atoms with van der Waals surface area (Å²) >= 11 is 5.02. The first kappa shape index (κ1) is 12.8. The quantitative estimate of drug-likeness (QED) is 0.655. The van der Waals surface area contributed by atoms with Crippen LogP contribution in [0.4, 0.5) is 0 Å². The Labute approximate surface area is 112 Å². The third-order valence-electron chi connectivity index (χ3n) is 3.00. The zero-order chi connectivity index (χ0) is 13.3. The fourth-order valence-electron chi connectivity index (χ4n) is 1.77. The van der Waals surface area contributed by atoms with Crippen molar-refractivity contribution in [2.24, 2.45) is 0 Å². The lowest BCUT2D eigenvalue weighted by atomic mass is 10.0. The average molecular weight is 260 g/mol. The Balaban J connectivity index is 2.24. The van der Waals surface area contributed by atoms with Crippen molar-refractivity contribution in [3.8, 4) is 0 Å². The van der Waals surface area contributed by atoms with Crippen LogP contribution in [0, 0.1) is 0 Å². The summed E-state index contributed by atoms with van der Waals surface area (Å²) in [7, 11) is 1.67. The van der Waals surface area contributed by atoms with Crippen molar-refractivity contribution in [2.45, 2.75) is 19.8 Å². The van der Waals surface area contributed by atoms with Gasteiger partial charge in [0.15, 0.2) is 5.11 Å². The summed E-state index contributed by atoms with van der Waals surface area (Å²) in [5.74, 6) is 0.421. The van der Waals surface area contributed by atoms with Crippen molar-refractivity contribution in [2.75, 3.05) is 7.05 Å². The number of benzene rings is 1. The van der Waals surface area contributed by atoms with Gasteiger partial charge in [-0.15, -0.1) is 0 Å². The molecule has 1 aliphatic rings. The van der Waals surface area contributed by atoms with Crippen LogP contribution < -0.4 is 5.32 Å². The van der Waals surface area contributed by atoms with Crippen LogP contribution >= 0.6 is 12.2 Å². The molecule has 3 nitrogen and oxygen atoms in total. The molecule has 2 rings (SSSR count). The van der Waals surface area contributed by atoms with E-state index >= 15 is 0 Å². The lowest BCUT2D eigenvalue weighted by molar-refractivity contribution is -0.121. The number of hydrogen-bond acceptors (Lipinski definition) is 2. The summed E-state index contributed by atoms with van der Waals surface area (Å²) in [4.78, 5) is 13.2. The molecule has 1 N–H and O–H groups in total. The summed E-state index contributed by atoms with van der Waals surface area (Å²) in [6.45, 7) is 4.31. The normalized spacial score (nSPS) is 17.8. The first-order valence-corrected chi connectivity index (χ1v) is 6.30. The molecule has 0 aliphatic carbocycles. The van der Waals surface area contributed by atoms with Gasteiger partial charge in [0.1, 0.15) is 5.70 Å². The molecule has 0 radical (unpaired) electrons. The van der Waals surface area contributed by atoms with Gasteiger partial charge in [0, 0.05) is 7.05 Å². The second kappa shape index (κ2) is 4.90. The summed E-state index contributed by atoms with van der Waals surface area (Å²) in [5, 5.41) is 3.36. The van der Waals surface area contributed by atoms with E-state index in [9.17, 15) is 4.79 Å². The highest BCUT2D eigenvalue weighted by Gasteiger charge is 2.26. The minimum absolute atomic E-state index is 0.0899. The number of nitrogens with zero attached hydrogens (tertiary/aromatic N) is 1. The van der Waals surface area contributed by atoms with Crippen molar-refractivity contribution in [1.82, 2.24) is 10.2 Å². The van der Waals surface area contributed by atoms with Crippen LogP contribution in [0.25, 0.3) is 6.08 Å². The van der Waals surface area contributed by atoms with E-state index in [0.29, 0.717) is 16.7 Å². The van der Waals surface area contributed by atoms with Gasteiger partial charge in [-0.3, -0.25) is 9.69 Å². The molecule has 1 amide bonds. The molecule has 18 heavy (non-hydrogen) atoms. The molecule has 1 aromatic carbocycles. The van der Waals surface area contributed by atoms with E-state index < -0.39 is 0 Å². The van der Waals surface area contributed by atoms with Crippen LogP contribution in [0.15, 0.2) is 30.0 Å². The minimum atomic E-state index is -0.0899. The number of likely N-dealkylation sites (N-methyl/N-ethyl adjacent to an activating group) is 1. The van der Waals surface area contributed by atoms with Gasteiger partial charge in [0.05, 0.1) is 0 Å². The Hall–Kier alpha value is -1.68. The highest BCUT2D eigenvalue weighted by atomic mass is 32.1. The Morgan fingerprint density at radius 1 is 1.28 bits per heavy atom. The van der Waals surface area contributed by atoms with Gasteiger partial charge in [-0.25, -0.2) is 0 Å². The molecule has 4 heteroatoms. The predicted octanol–water partition coefficient (Wildman–Crippen LogP) is 2.50. The number of rotatable bonds is 2. The van der Waals surface area contributed by atoms with E-state index in [1.807, 2.05) is 18.2 Å². The second-order valence-electron chi connectivity index (χ2n) is 4.67. The van der Waals surface area contributed by atoms with Gasteiger partial charge >= 0.3 is 0 Å². The molecule has 1 saturated heterocycles. The molecular weight excluding hydrogens is 244 g/mol. The molecule has 0 atom stereocenters. The monoisotopic (exact) mass is 260 g/mol. The number of carbonyl (C=O) groups excluding carboxylic acids is 1. The number of thiocarbonyl (C=S) groups is 1. The molecule has 1 fully saturated rings. The van der Waals surface area contributed by atoms with Gasteiger partial charge in [-0.1, -0.05) is 38.1 Å². The van der Waals surface area contributed by atoms with Crippen molar-refractivity contribution >= 4 is 29.3 Å². The standard InChI is InChI=1S/C14H16N2OS/c1-9(2)11-6-4-10(5-7-11)8-12-13(17)16(3)14(18)15-12/h4-9H,1-3H3,(H,15,18). The van der Waals surface area contributed by atoms with Crippen LogP contribution in [0.2, 0.25) is 0 Å². The zero-order valence-electron chi connectivity index (χ0n) is 10.7. The molecule has 0 saturated carbocycles. The van der Waals surface area contributed by atoms with Gasteiger partial charge < -0.3 is 5.32 Å². The maximum Gasteiger partial charge on any atom is 0.276 e. The van der Waals surface area contributed by atoms with Crippen LogP contribution in [-0.2, 0) is 4.79 Å². The summed E-state index contributed by atoms with van der Waals surface area (Å²) in [5.41, 5.74) is 2.81. The minimum Gasteiger partial charge on any atom is -0.328 e. The van der Waals surface area contributed by atoms with E-state index in [-0.39, 0.29) is 5.91 Å². The SMILES string of the molecule is CC(C)c1ccc(C=C2NC(=S)N(C)C2=O)cc1. The first-order valence-electron chi connectivity index (χ1n) is 5.89. The smallest absolute Gasteiger partial charge is 0.276 e. The average Bonchev–Trinajstić information content (AvgIpc) is 2.58. The number of carbonyl (C=O) groups is 1. The molecule has 0 bridgehead atoms. The number of nitrogens with one attached hydrogen (secondary N) is 1. The maximum absolute atomic E-state index is 11.8. The predicted molar refractivity (Wildman–Crippen MR) is 77.0 cm³/mol. The van der Waals surface area contributed by atoms with Gasteiger partial charge in [0.25, 0.3) is 5.91 Å². The molecule has 0 unspecified atom stereocenters. The molecular formula is C14H16N2OS. The Kier molecular flexibility index (Phi) is 3.48. The van der Waals surface area contributed by atoms with Gasteiger partial charge in [-0.2, -0.15) is 0 Å². The molecule has 0 spiro atoms. The summed E-state index contributed by atoms with van der Waals surface area (Å²) in [6, 6.07) is 8.19. The number of hydrogen-bond donors (Lipinski definition) is 1. The molecule has 94 valence electrons. The summed E-state index contributed by atoms with van der Waals surface area (Å²) < 4.78 is 0. The van der Waals surface area contributed by atoms with Crippen molar-refractivity contribution < 1.29 is 4.79 Å². The second-order valence-corrected chi connectivity index (χ2v) is 5.06. The first-order chi connectivity index (χ1) is 8.49. The van der Waals surface area contributed by atoms with Gasteiger partial charge in [0.2, 0.25) is 0 Å². The van der Waals surface area contributed by atoms with Crippen molar-refractivity contribution in [3.63, 3.8) is 0 Å². The van der Waals surface area contributed by atoms with Crippen LogP contribution in [0.1, 0.15) is 30.9 Å². The van der Waals surface area contributed by atoms with E-state index in [0.717, 1.165) is 5.56 Å².